The Morgan fingerprint density at radius 3 is 2.47 bits per heavy atom. The Balaban J connectivity index is 2.30. The summed E-state index contributed by atoms with van der Waals surface area (Å²) in [7, 11) is 6.46. The minimum Gasteiger partial charge on any atom is -0.472 e. The van der Waals surface area contributed by atoms with Crippen LogP contribution in [0.3, 0.4) is 0 Å². The summed E-state index contributed by atoms with van der Waals surface area (Å²) in [5.74, 6) is 0. The Morgan fingerprint density at radius 1 is 1.29 bits per heavy atom. The lowest BCUT2D eigenvalue weighted by Crippen LogP contribution is -2.54. The highest BCUT2D eigenvalue weighted by Crippen LogP contribution is 2.41. The molecule has 2 rings (SSSR count). The molecule has 1 aromatic heterocycles. The van der Waals surface area contributed by atoms with Gasteiger partial charge in [-0.25, -0.2) is 0 Å². The average molecular weight is 236 g/mol. The van der Waals surface area contributed by atoms with Crippen molar-refractivity contribution in [1.82, 2.24) is 10.2 Å². The molecule has 0 spiro atoms. The summed E-state index contributed by atoms with van der Waals surface area (Å²) in [6.45, 7) is 0. The fraction of sp³-hybridized carbons (Fsp3) is 0.714. The topological polar surface area (TPSA) is 28.4 Å². The van der Waals surface area contributed by atoms with Crippen LogP contribution in [0, 0.1) is 0 Å². The molecule has 3 heteroatoms. The standard InChI is InChI=1S/C14H24N2O/c1-15-13(12-7-10-17-11-12)14(16(2)3)8-5-4-6-9-14/h7,10-11,13,15H,4-6,8-9H2,1-3H3. The summed E-state index contributed by atoms with van der Waals surface area (Å²) < 4.78 is 5.25. The van der Waals surface area contributed by atoms with Gasteiger partial charge in [0.05, 0.1) is 18.6 Å². The van der Waals surface area contributed by atoms with E-state index in [9.17, 15) is 0 Å². The van der Waals surface area contributed by atoms with E-state index in [1.807, 2.05) is 6.26 Å². The summed E-state index contributed by atoms with van der Waals surface area (Å²) in [6, 6.07) is 2.44. The molecule has 1 aromatic rings. The van der Waals surface area contributed by atoms with Crippen LogP contribution in [0.5, 0.6) is 0 Å². The molecule has 1 unspecified atom stereocenters. The smallest absolute Gasteiger partial charge is 0.0951 e. The van der Waals surface area contributed by atoms with Gasteiger partial charge in [0.2, 0.25) is 0 Å². The van der Waals surface area contributed by atoms with Crippen molar-refractivity contribution < 1.29 is 4.42 Å². The predicted molar refractivity (Wildman–Crippen MR) is 70.0 cm³/mol. The van der Waals surface area contributed by atoms with Gasteiger partial charge >= 0.3 is 0 Å². The number of nitrogens with zero attached hydrogens (tertiary/aromatic N) is 1. The van der Waals surface area contributed by atoms with E-state index < -0.39 is 0 Å². The summed E-state index contributed by atoms with van der Waals surface area (Å²) in [4.78, 5) is 2.40. The van der Waals surface area contributed by atoms with Gasteiger partial charge in [-0.15, -0.1) is 0 Å². The average Bonchev–Trinajstić information content (AvgIpc) is 2.84. The number of hydrogen-bond donors (Lipinski definition) is 1. The molecule has 1 saturated carbocycles. The maximum Gasteiger partial charge on any atom is 0.0951 e. The first kappa shape index (κ1) is 12.7. The summed E-state index contributed by atoms with van der Waals surface area (Å²) in [5, 5.41) is 3.49. The van der Waals surface area contributed by atoms with Crippen molar-refractivity contribution in [2.24, 2.45) is 0 Å². The van der Waals surface area contributed by atoms with E-state index in [0.717, 1.165) is 0 Å². The van der Waals surface area contributed by atoms with E-state index in [2.05, 4.69) is 37.4 Å². The van der Waals surface area contributed by atoms with Gasteiger partial charge in [0, 0.05) is 11.1 Å². The first-order valence-corrected chi connectivity index (χ1v) is 6.57. The zero-order valence-electron chi connectivity index (χ0n) is 11.2. The van der Waals surface area contributed by atoms with E-state index >= 15 is 0 Å². The van der Waals surface area contributed by atoms with Crippen LogP contribution in [0.1, 0.15) is 43.7 Å². The fourth-order valence-corrected chi connectivity index (χ4v) is 3.34. The monoisotopic (exact) mass is 236 g/mol. The Kier molecular flexibility index (Phi) is 3.89. The highest BCUT2D eigenvalue weighted by atomic mass is 16.3. The first-order valence-electron chi connectivity index (χ1n) is 6.57. The van der Waals surface area contributed by atoms with E-state index in [1.54, 1.807) is 6.26 Å². The van der Waals surface area contributed by atoms with Crippen LogP contribution in [-0.4, -0.2) is 31.6 Å². The second-order valence-corrected chi connectivity index (χ2v) is 5.34. The second-order valence-electron chi connectivity index (χ2n) is 5.34. The molecule has 1 fully saturated rings. The number of furan rings is 1. The van der Waals surface area contributed by atoms with Crippen molar-refractivity contribution in [3.8, 4) is 0 Å². The molecule has 0 radical (unpaired) electrons. The Morgan fingerprint density at radius 2 is 2.00 bits per heavy atom. The van der Waals surface area contributed by atoms with Crippen LogP contribution in [0.4, 0.5) is 0 Å². The third-order valence-electron chi connectivity index (χ3n) is 4.31. The van der Waals surface area contributed by atoms with Crippen LogP contribution in [0.15, 0.2) is 23.0 Å². The Hall–Kier alpha value is -0.800. The largest absolute Gasteiger partial charge is 0.472 e. The fourth-order valence-electron chi connectivity index (χ4n) is 3.34. The van der Waals surface area contributed by atoms with Crippen molar-refractivity contribution in [3.05, 3.63) is 24.2 Å². The van der Waals surface area contributed by atoms with Crippen molar-refractivity contribution in [2.75, 3.05) is 21.1 Å². The van der Waals surface area contributed by atoms with Crippen LogP contribution in [0.2, 0.25) is 0 Å². The highest BCUT2D eigenvalue weighted by Gasteiger charge is 2.42. The number of likely N-dealkylation sites (N-methyl/N-ethyl adjacent to an activating group) is 2. The first-order chi connectivity index (χ1) is 8.20. The van der Waals surface area contributed by atoms with Crippen molar-refractivity contribution >= 4 is 0 Å². The lowest BCUT2D eigenvalue weighted by Gasteiger charge is -2.48. The van der Waals surface area contributed by atoms with Crippen LogP contribution in [-0.2, 0) is 0 Å². The van der Waals surface area contributed by atoms with Gasteiger partial charge in [0.1, 0.15) is 0 Å². The SMILES string of the molecule is CNC(c1ccoc1)C1(N(C)C)CCCCC1. The third kappa shape index (κ3) is 2.26. The van der Waals surface area contributed by atoms with E-state index in [1.165, 1.54) is 37.7 Å². The van der Waals surface area contributed by atoms with Gasteiger partial charge in [0.15, 0.2) is 0 Å². The molecular weight excluding hydrogens is 212 g/mol. The van der Waals surface area contributed by atoms with Gasteiger partial charge < -0.3 is 14.6 Å². The molecule has 96 valence electrons. The molecule has 1 aliphatic carbocycles. The van der Waals surface area contributed by atoms with Crippen LogP contribution in [0.25, 0.3) is 0 Å². The van der Waals surface area contributed by atoms with Gasteiger partial charge in [0.25, 0.3) is 0 Å². The van der Waals surface area contributed by atoms with Gasteiger partial charge in [-0.05, 0) is 40.1 Å². The minimum atomic E-state index is 0.233. The minimum absolute atomic E-state index is 0.233. The van der Waals surface area contributed by atoms with Crippen LogP contribution >= 0.6 is 0 Å². The van der Waals surface area contributed by atoms with Gasteiger partial charge in [-0.3, -0.25) is 0 Å². The van der Waals surface area contributed by atoms with Crippen molar-refractivity contribution in [2.45, 2.75) is 43.7 Å². The number of nitrogens with one attached hydrogen (secondary N) is 1. The molecule has 1 heterocycles. The lowest BCUT2D eigenvalue weighted by atomic mass is 9.73. The van der Waals surface area contributed by atoms with E-state index in [4.69, 9.17) is 4.42 Å². The molecule has 1 N–H and O–H groups in total. The number of hydrogen-bond acceptors (Lipinski definition) is 3. The summed E-state index contributed by atoms with van der Waals surface area (Å²) in [6.07, 6.45) is 10.2. The molecule has 0 amide bonds. The predicted octanol–water partition coefficient (Wildman–Crippen LogP) is 2.80. The maximum atomic E-state index is 5.25. The molecule has 1 aliphatic rings. The van der Waals surface area contributed by atoms with Crippen molar-refractivity contribution in [1.29, 1.82) is 0 Å². The molecule has 0 saturated heterocycles. The summed E-state index contributed by atoms with van der Waals surface area (Å²) >= 11 is 0. The van der Waals surface area contributed by atoms with Crippen LogP contribution < -0.4 is 5.32 Å². The molecule has 17 heavy (non-hydrogen) atoms. The van der Waals surface area contributed by atoms with Crippen molar-refractivity contribution in [3.63, 3.8) is 0 Å². The lowest BCUT2D eigenvalue weighted by molar-refractivity contribution is 0.0592. The van der Waals surface area contributed by atoms with Gasteiger partial charge in [-0.1, -0.05) is 19.3 Å². The molecule has 0 aliphatic heterocycles. The maximum absolute atomic E-state index is 5.25. The normalized spacial score (nSPS) is 21.6. The Labute approximate surface area is 104 Å². The molecular formula is C14H24N2O. The molecule has 0 bridgehead atoms. The zero-order chi connectivity index (χ0) is 12.3. The molecule has 3 nitrogen and oxygen atoms in total. The molecule has 1 atom stereocenters. The molecule has 0 aromatic carbocycles. The van der Waals surface area contributed by atoms with E-state index in [0.29, 0.717) is 6.04 Å². The second kappa shape index (κ2) is 5.23. The highest BCUT2D eigenvalue weighted by molar-refractivity contribution is 5.19. The summed E-state index contributed by atoms with van der Waals surface area (Å²) in [5.41, 5.74) is 1.50. The number of rotatable bonds is 4. The zero-order valence-corrected chi connectivity index (χ0v) is 11.2. The Bertz CT molecular complexity index is 326. The van der Waals surface area contributed by atoms with E-state index in [-0.39, 0.29) is 5.54 Å². The third-order valence-corrected chi connectivity index (χ3v) is 4.31. The quantitative estimate of drug-likeness (QED) is 0.871. The van der Waals surface area contributed by atoms with Gasteiger partial charge in [-0.2, -0.15) is 0 Å².